The summed E-state index contributed by atoms with van der Waals surface area (Å²) in [6, 6.07) is 12.7. The van der Waals surface area contributed by atoms with Crippen LogP contribution in [0.3, 0.4) is 0 Å². The highest BCUT2D eigenvalue weighted by molar-refractivity contribution is 7.91. The largest absolute Gasteiger partial charge is 0.497 e. The summed E-state index contributed by atoms with van der Waals surface area (Å²) in [5.74, 6) is 0.558. The number of rotatable bonds is 3. The van der Waals surface area contributed by atoms with E-state index in [0.717, 1.165) is 0 Å². The third-order valence-electron chi connectivity index (χ3n) is 4.63. The third kappa shape index (κ3) is 2.64. The highest BCUT2D eigenvalue weighted by Crippen LogP contribution is 2.30. The van der Waals surface area contributed by atoms with Crippen LogP contribution >= 0.6 is 0 Å². The molecule has 0 unspecified atom stereocenters. The molecule has 0 aliphatic heterocycles. The molecule has 10 heteroatoms. The van der Waals surface area contributed by atoms with Crippen LogP contribution in [0, 0.1) is 0 Å². The van der Waals surface area contributed by atoms with Crippen LogP contribution in [0.2, 0.25) is 0 Å². The number of sulfone groups is 1. The second-order valence-electron chi connectivity index (χ2n) is 6.39. The van der Waals surface area contributed by atoms with Gasteiger partial charge in [0, 0.05) is 11.8 Å². The van der Waals surface area contributed by atoms with Crippen LogP contribution in [0.4, 0.5) is 5.69 Å². The number of nitrogens with two attached hydrogens (primary N) is 1. The van der Waals surface area contributed by atoms with E-state index in [1.54, 1.807) is 34.7 Å². The van der Waals surface area contributed by atoms with Crippen molar-refractivity contribution in [3.63, 3.8) is 0 Å². The van der Waals surface area contributed by atoms with Gasteiger partial charge in [0.25, 0.3) is 0 Å². The predicted molar refractivity (Wildman–Crippen MR) is 106 cm³/mol. The van der Waals surface area contributed by atoms with Crippen molar-refractivity contribution in [2.24, 2.45) is 0 Å². The van der Waals surface area contributed by atoms with Gasteiger partial charge >= 0.3 is 0 Å². The molecule has 144 valence electrons. The lowest BCUT2D eigenvalue weighted by Gasteiger charge is -2.10. The van der Waals surface area contributed by atoms with Crippen LogP contribution in [-0.4, -0.2) is 40.1 Å². The second-order valence-corrected chi connectivity index (χ2v) is 8.31. The Morgan fingerprint density at radius 2 is 1.79 bits per heavy atom. The Morgan fingerprint density at radius 3 is 2.55 bits per heavy atom. The molecule has 0 radical (unpaired) electrons. The van der Waals surface area contributed by atoms with Gasteiger partial charge in [-0.1, -0.05) is 0 Å². The number of methoxy groups -OCH3 is 1. The molecule has 0 saturated heterocycles. The molecular weight excluding hydrogens is 392 g/mol. The summed E-state index contributed by atoms with van der Waals surface area (Å²) in [6.45, 7) is 0. The van der Waals surface area contributed by atoms with E-state index in [4.69, 9.17) is 10.5 Å². The minimum Gasteiger partial charge on any atom is -0.497 e. The highest BCUT2D eigenvalue weighted by Gasteiger charge is 2.25. The zero-order valence-electron chi connectivity index (χ0n) is 15.1. The maximum atomic E-state index is 13.4. The number of benzene rings is 2. The van der Waals surface area contributed by atoms with E-state index in [2.05, 4.69) is 20.2 Å². The van der Waals surface area contributed by atoms with Crippen LogP contribution in [0.15, 0.2) is 64.6 Å². The number of pyridine rings is 1. The SMILES string of the molecule is COc1ccc(S(=O)(=O)c2cc3nncn3c3nc4ccc(N)cc4nc23)cc1. The number of hydrogen-bond acceptors (Lipinski definition) is 8. The summed E-state index contributed by atoms with van der Waals surface area (Å²) in [7, 11) is -2.39. The first kappa shape index (κ1) is 17.3. The lowest BCUT2D eigenvalue weighted by atomic mass is 10.2. The van der Waals surface area contributed by atoms with Crippen molar-refractivity contribution >= 4 is 43.4 Å². The van der Waals surface area contributed by atoms with Gasteiger partial charge in [0.15, 0.2) is 11.3 Å². The molecule has 0 spiro atoms. The Kier molecular flexibility index (Phi) is 3.65. The molecule has 0 aliphatic rings. The van der Waals surface area contributed by atoms with Gasteiger partial charge in [-0.2, -0.15) is 0 Å². The van der Waals surface area contributed by atoms with Crippen LogP contribution in [0.5, 0.6) is 5.75 Å². The molecule has 3 aromatic heterocycles. The van der Waals surface area contributed by atoms with Gasteiger partial charge in [-0.25, -0.2) is 18.4 Å². The molecule has 0 aliphatic carbocycles. The average molecular weight is 406 g/mol. The Balaban J connectivity index is 1.87. The van der Waals surface area contributed by atoms with Gasteiger partial charge in [-0.05, 0) is 42.5 Å². The van der Waals surface area contributed by atoms with E-state index in [9.17, 15) is 8.42 Å². The smallest absolute Gasteiger partial charge is 0.209 e. The van der Waals surface area contributed by atoms with Gasteiger partial charge in [0.2, 0.25) is 9.84 Å². The summed E-state index contributed by atoms with van der Waals surface area (Å²) in [6.07, 6.45) is 1.47. The lowest BCUT2D eigenvalue weighted by Crippen LogP contribution is -2.07. The maximum absolute atomic E-state index is 13.4. The molecule has 2 aromatic carbocycles. The van der Waals surface area contributed by atoms with Crippen molar-refractivity contribution in [2.45, 2.75) is 9.79 Å². The fourth-order valence-corrected chi connectivity index (χ4v) is 4.57. The first-order valence-electron chi connectivity index (χ1n) is 8.56. The monoisotopic (exact) mass is 406 g/mol. The van der Waals surface area contributed by atoms with Crippen LogP contribution < -0.4 is 10.5 Å². The first-order valence-corrected chi connectivity index (χ1v) is 10.0. The molecule has 0 bridgehead atoms. The number of ether oxygens (including phenoxy) is 1. The molecule has 29 heavy (non-hydrogen) atoms. The van der Waals surface area contributed by atoms with Gasteiger partial charge in [0.1, 0.15) is 22.5 Å². The normalized spacial score (nSPS) is 12.0. The van der Waals surface area contributed by atoms with E-state index < -0.39 is 9.84 Å². The van der Waals surface area contributed by atoms with Crippen molar-refractivity contribution in [1.82, 2.24) is 24.6 Å². The molecule has 0 fully saturated rings. The van der Waals surface area contributed by atoms with Crippen LogP contribution in [0.1, 0.15) is 0 Å². The zero-order chi connectivity index (χ0) is 20.2. The van der Waals surface area contributed by atoms with Crippen molar-refractivity contribution < 1.29 is 13.2 Å². The molecular formula is C19H14N6O3S. The summed E-state index contributed by atoms with van der Waals surface area (Å²) >= 11 is 0. The Morgan fingerprint density at radius 1 is 1.00 bits per heavy atom. The minimum absolute atomic E-state index is 0.00464. The topological polar surface area (TPSA) is 125 Å². The number of nitrogen functional groups attached to an aromatic ring is 1. The van der Waals surface area contributed by atoms with Gasteiger partial charge in [-0.3, -0.25) is 4.40 Å². The number of hydrogen-bond donors (Lipinski definition) is 1. The number of nitrogens with zero attached hydrogens (tertiary/aromatic N) is 5. The quantitative estimate of drug-likeness (QED) is 0.357. The van der Waals surface area contributed by atoms with E-state index >= 15 is 0 Å². The van der Waals surface area contributed by atoms with Crippen molar-refractivity contribution in [3.8, 4) is 5.75 Å². The van der Waals surface area contributed by atoms with Crippen molar-refractivity contribution in [2.75, 3.05) is 12.8 Å². The first-order chi connectivity index (χ1) is 14.0. The predicted octanol–water partition coefficient (Wildman–Crippen LogP) is 2.25. The Bertz CT molecular complexity index is 1510. The Hall–Kier alpha value is -3.79. The van der Waals surface area contributed by atoms with Gasteiger partial charge in [0.05, 0.1) is 23.0 Å². The van der Waals surface area contributed by atoms with Crippen LogP contribution in [0.25, 0.3) is 27.8 Å². The summed E-state index contributed by atoms with van der Waals surface area (Å²) in [5, 5.41) is 7.88. The summed E-state index contributed by atoms with van der Waals surface area (Å²) < 4.78 is 33.6. The number of aromatic nitrogens is 5. The standard InChI is InChI=1S/C19H14N6O3S/c1-28-12-3-5-13(6-4-12)29(26,27)16-9-17-24-21-10-25(17)19-18(16)22-15-8-11(20)2-7-14(15)23-19/h2-10H,20H2,1H3. The van der Waals surface area contributed by atoms with E-state index in [-0.39, 0.29) is 15.3 Å². The van der Waals surface area contributed by atoms with E-state index in [0.29, 0.717) is 33.8 Å². The van der Waals surface area contributed by atoms with Gasteiger partial charge in [-0.15, -0.1) is 10.2 Å². The highest BCUT2D eigenvalue weighted by atomic mass is 32.2. The fourth-order valence-electron chi connectivity index (χ4n) is 3.17. The number of anilines is 1. The molecule has 0 atom stereocenters. The maximum Gasteiger partial charge on any atom is 0.209 e. The third-order valence-corrected chi connectivity index (χ3v) is 6.41. The molecule has 3 heterocycles. The Labute approximate surface area is 164 Å². The number of fused-ring (bicyclic) bond motifs is 4. The van der Waals surface area contributed by atoms with E-state index in [1.165, 1.54) is 31.6 Å². The summed E-state index contributed by atoms with van der Waals surface area (Å²) in [5.41, 5.74) is 8.37. The van der Waals surface area contributed by atoms with Crippen molar-refractivity contribution in [1.29, 1.82) is 0 Å². The minimum atomic E-state index is -3.91. The molecule has 2 N–H and O–H groups in total. The molecule has 5 rings (SSSR count). The van der Waals surface area contributed by atoms with Crippen molar-refractivity contribution in [3.05, 3.63) is 54.9 Å². The lowest BCUT2D eigenvalue weighted by molar-refractivity contribution is 0.414. The molecule has 9 nitrogen and oxygen atoms in total. The second kappa shape index (κ2) is 6.11. The molecule has 0 saturated carbocycles. The average Bonchev–Trinajstić information content (AvgIpc) is 3.20. The van der Waals surface area contributed by atoms with E-state index in [1.807, 2.05) is 0 Å². The van der Waals surface area contributed by atoms with Gasteiger partial charge < -0.3 is 10.5 Å². The molecule has 0 amide bonds. The van der Waals surface area contributed by atoms with Crippen LogP contribution in [-0.2, 0) is 9.84 Å². The molecule has 5 aromatic rings. The zero-order valence-corrected chi connectivity index (χ0v) is 16.0. The fraction of sp³-hybridized carbons (Fsp3) is 0.0526. The summed E-state index contributed by atoms with van der Waals surface area (Å²) in [4.78, 5) is 9.27.